The second kappa shape index (κ2) is 7.87. The molecule has 1 amide bonds. The predicted octanol–water partition coefficient (Wildman–Crippen LogP) is 3.05. The first-order valence-corrected chi connectivity index (χ1v) is 8.23. The van der Waals surface area contributed by atoms with Gasteiger partial charge in [0.1, 0.15) is 5.75 Å². The van der Waals surface area contributed by atoms with Crippen molar-refractivity contribution in [1.29, 1.82) is 0 Å². The van der Waals surface area contributed by atoms with E-state index in [0.717, 1.165) is 16.3 Å². The van der Waals surface area contributed by atoms with Crippen LogP contribution in [0.1, 0.15) is 39.5 Å². The SMILES string of the molecule is COc1ccc(C)cc1C(=O)CCC(=O)NCc1csc(C)n1. The fourth-order valence-electron chi connectivity index (χ4n) is 2.17. The second-order valence-corrected chi connectivity index (χ2v) is 6.32. The lowest BCUT2D eigenvalue weighted by Gasteiger charge is -2.08. The maximum absolute atomic E-state index is 12.3. The molecule has 0 aliphatic carbocycles. The van der Waals surface area contributed by atoms with Crippen LogP contribution in [-0.2, 0) is 11.3 Å². The molecule has 0 atom stereocenters. The van der Waals surface area contributed by atoms with E-state index in [9.17, 15) is 9.59 Å². The van der Waals surface area contributed by atoms with Crippen LogP contribution in [0.3, 0.4) is 0 Å². The van der Waals surface area contributed by atoms with Crippen LogP contribution in [-0.4, -0.2) is 23.8 Å². The molecule has 0 aliphatic rings. The Morgan fingerprint density at radius 1 is 1.26 bits per heavy atom. The third-order valence-corrected chi connectivity index (χ3v) is 4.19. The van der Waals surface area contributed by atoms with Crippen LogP contribution < -0.4 is 10.1 Å². The molecule has 2 aromatic rings. The summed E-state index contributed by atoms with van der Waals surface area (Å²) in [5.41, 5.74) is 2.35. The number of ether oxygens (including phenoxy) is 1. The smallest absolute Gasteiger partial charge is 0.220 e. The monoisotopic (exact) mass is 332 g/mol. The van der Waals surface area contributed by atoms with Crippen molar-refractivity contribution in [2.75, 3.05) is 7.11 Å². The van der Waals surface area contributed by atoms with Crippen LogP contribution in [0.5, 0.6) is 5.75 Å². The lowest BCUT2D eigenvalue weighted by molar-refractivity contribution is -0.121. The molecule has 6 heteroatoms. The van der Waals surface area contributed by atoms with Crippen molar-refractivity contribution < 1.29 is 14.3 Å². The maximum Gasteiger partial charge on any atom is 0.220 e. The number of ketones is 1. The number of aromatic nitrogens is 1. The lowest BCUT2D eigenvalue weighted by Crippen LogP contribution is -2.23. The summed E-state index contributed by atoms with van der Waals surface area (Å²) in [5, 5.41) is 5.66. The van der Waals surface area contributed by atoms with Gasteiger partial charge >= 0.3 is 0 Å². The molecule has 0 spiro atoms. The first-order valence-electron chi connectivity index (χ1n) is 7.35. The molecule has 0 radical (unpaired) electrons. The number of benzene rings is 1. The average molecular weight is 332 g/mol. The van der Waals surface area contributed by atoms with Crippen molar-refractivity contribution >= 4 is 23.0 Å². The number of nitrogens with one attached hydrogen (secondary N) is 1. The van der Waals surface area contributed by atoms with E-state index in [2.05, 4.69) is 10.3 Å². The standard InChI is InChI=1S/C17H20N2O3S/c1-11-4-6-16(22-3)14(8-11)15(20)5-7-17(21)18-9-13-10-23-12(2)19-13/h4,6,8,10H,5,7,9H2,1-3H3,(H,18,21). The quantitative estimate of drug-likeness (QED) is 0.791. The summed E-state index contributed by atoms with van der Waals surface area (Å²) in [6.45, 7) is 4.23. The van der Waals surface area contributed by atoms with Crippen LogP contribution in [0, 0.1) is 13.8 Å². The summed E-state index contributed by atoms with van der Waals surface area (Å²) in [6.07, 6.45) is 0.306. The topological polar surface area (TPSA) is 68.3 Å². The summed E-state index contributed by atoms with van der Waals surface area (Å²) >= 11 is 1.55. The van der Waals surface area contributed by atoms with Crippen molar-refractivity contribution in [2.45, 2.75) is 33.2 Å². The van der Waals surface area contributed by atoms with E-state index in [1.165, 1.54) is 7.11 Å². The molecule has 0 aliphatic heterocycles. The molecule has 0 bridgehead atoms. The van der Waals surface area contributed by atoms with E-state index >= 15 is 0 Å². The van der Waals surface area contributed by atoms with Gasteiger partial charge in [0, 0.05) is 18.2 Å². The van der Waals surface area contributed by atoms with Crippen LogP contribution >= 0.6 is 11.3 Å². The molecule has 23 heavy (non-hydrogen) atoms. The minimum atomic E-state index is -0.157. The van der Waals surface area contributed by atoms with Crippen LogP contribution in [0.25, 0.3) is 0 Å². The second-order valence-electron chi connectivity index (χ2n) is 5.26. The molecule has 5 nitrogen and oxygen atoms in total. The zero-order valence-corrected chi connectivity index (χ0v) is 14.3. The number of rotatable bonds is 7. The molecule has 1 heterocycles. The van der Waals surface area contributed by atoms with E-state index in [0.29, 0.717) is 17.9 Å². The number of aryl methyl sites for hydroxylation is 2. The molecule has 1 aromatic carbocycles. The van der Waals surface area contributed by atoms with E-state index in [4.69, 9.17) is 4.74 Å². The Labute approximate surface area is 139 Å². The molecule has 0 unspecified atom stereocenters. The van der Waals surface area contributed by atoms with Crippen molar-refractivity contribution in [3.63, 3.8) is 0 Å². The number of carbonyl (C=O) groups is 2. The molecule has 122 valence electrons. The third kappa shape index (κ3) is 4.89. The molecule has 0 saturated carbocycles. The summed E-state index contributed by atoms with van der Waals surface area (Å²) in [6, 6.07) is 5.45. The van der Waals surface area contributed by atoms with Gasteiger partial charge in [0.25, 0.3) is 0 Å². The van der Waals surface area contributed by atoms with Gasteiger partial charge in [-0.25, -0.2) is 4.98 Å². The fourth-order valence-corrected chi connectivity index (χ4v) is 2.78. The summed E-state index contributed by atoms with van der Waals surface area (Å²) in [4.78, 5) is 28.4. The fraction of sp³-hybridized carbons (Fsp3) is 0.353. The van der Waals surface area contributed by atoms with Gasteiger partial charge in [0.15, 0.2) is 5.78 Å². The zero-order valence-electron chi connectivity index (χ0n) is 13.5. The molecule has 1 aromatic heterocycles. The minimum absolute atomic E-state index is 0.0924. The van der Waals surface area contributed by atoms with Gasteiger partial charge in [0.2, 0.25) is 5.91 Å². The van der Waals surface area contributed by atoms with Gasteiger partial charge in [-0.05, 0) is 26.0 Å². The summed E-state index contributed by atoms with van der Waals surface area (Å²) in [7, 11) is 1.53. The summed E-state index contributed by atoms with van der Waals surface area (Å²) < 4.78 is 5.21. The highest BCUT2D eigenvalue weighted by Crippen LogP contribution is 2.21. The van der Waals surface area contributed by atoms with Crippen LogP contribution in [0.15, 0.2) is 23.6 Å². The number of hydrogen-bond acceptors (Lipinski definition) is 5. The Balaban J connectivity index is 1.86. The summed E-state index contributed by atoms with van der Waals surface area (Å²) in [5.74, 6) is 0.291. The number of carbonyl (C=O) groups excluding carboxylic acids is 2. The molecular weight excluding hydrogens is 312 g/mol. The van der Waals surface area contributed by atoms with Gasteiger partial charge in [-0.3, -0.25) is 9.59 Å². The molecular formula is C17H20N2O3S. The maximum atomic E-state index is 12.3. The van der Waals surface area contributed by atoms with E-state index < -0.39 is 0 Å². The third-order valence-electron chi connectivity index (χ3n) is 3.37. The van der Waals surface area contributed by atoms with Crippen molar-refractivity contribution in [2.24, 2.45) is 0 Å². The Hall–Kier alpha value is -2.21. The zero-order chi connectivity index (χ0) is 16.8. The Morgan fingerprint density at radius 3 is 2.70 bits per heavy atom. The Kier molecular flexibility index (Phi) is 5.87. The van der Waals surface area contributed by atoms with Gasteiger partial charge in [-0.15, -0.1) is 11.3 Å². The average Bonchev–Trinajstić information content (AvgIpc) is 2.96. The van der Waals surface area contributed by atoms with Gasteiger partial charge in [-0.2, -0.15) is 0 Å². The van der Waals surface area contributed by atoms with Gasteiger partial charge in [-0.1, -0.05) is 11.6 Å². The van der Waals surface area contributed by atoms with E-state index in [-0.39, 0.29) is 24.5 Å². The highest BCUT2D eigenvalue weighted by Gasteiger charge is 2.14. The number of hydrogen-bond donors (Lipinski definition) is 1. The van der Waals surface area contributed by atoms with E-state index in [1.807, 2.05) is 25.3 Å². The first kappa shape index (κ1) is 17.1. The van der Waals surface area contributed by atoms with Crippen molar-refractivity contribution in [3.8, 4) is 5.75 Å². The van der Waals surface area contributed by atoms with Crippen molar-refractivity contribution in [1.82, 2.24) is 10.3 Å². The van der Waals surface area contributed by atoms with Gasteiger partial charge in [0.05, 0.1) is 29.9 Å². The molecule has 2 rings (SSSR count). The minimum Gasteiger partial charge on any atom is -0.496 e. The molecule has 1 N–H and O–H groups in total. The van der Waals surface area contributed by atoms with Gasteiger partial charge < -0.3 is 10.1 Å². The highest BCUT2D eigenvalue weighted by atomic mass is 32.1. The predicted molar refractivity (Wildman–Crippen MR) is 90.0 cm³/mol. The largest absolute Gasteiger partial charge is 0.496 e. The van der Waals surface area contributed by atoms with Crippen molar-refractivity contribution in [3.05, 3.63) is 45.4 Å². The van der Waals surface area contributed by atoms with E-state index in [1.54, 1.807) is 23.5 Å². The number of amides is 1. The lowest BCUT2D eigenvalue weighted by atomic mass is 10.0. The van der Waals surface area contributed by atoms with Crippen LogP contribution in [0.4, 0.5) is 0 Å². The Bertz CT molecular complexity index is 710. The normalized spacial score (nSPS) is 10.4. The Morgan fingerprint density at radius 2 is 2.04 bits per heavy atom. The number of methoxy groups -OCH3 is 1. The first-order chi connectivity index (χ1) is 11.0. The van der Waals surface area contributed by atoms with Crippen LogP contribution in [0.2, 0.25) is 0 Å². The number of Topliss-reactive ketones (excluding diaryl/α,β-unsaturated/α-hetero) is 1. The number of thiazole rings is 1. The number of nitrogens with zero attached hydrogens (tertiary/aromatic N) is 1. The molecule has 0 fully saturated rings. The molecule has 0 saturated heterocycles. The highest BCUT2D eigenvalue weighted by molar-refractivity contribution is 7.09.